The van der Waals surface area contributed by atoms with Crippen LogP contribution in [0.25, 0.3) is 10.1 Å². The average Bonchev–Trinajstić information content (AvgIpc) is 2.65. The number of hydrogen-bond acceptors (Lipinski definition) is 3. The fourth-order valence-corrected chi connectivity index (χ4v) is 3.55. The van der Waals surface area contributed by atoms with Gasteiger partial charge in [-0.2, -0.15) is 0 Å². The van der Waals surface area contributed by atoms with Crippen molar-refractivity contribution in [2.45, 2.75) is 52.6 Å². The Kier molecular flexibility index (Phi) is 3.67. The van der Waals surface area contributed by atoms with Crippen LogP contribution >= 0.6 is 11.3 Å². The highest BCUT2D eigenvalue weighted by Crippen LogP contribution is 2.39. The summed E-state index contributed by atoms with van der Waals surface area (Å²) in [5.41, 5.74) is 0.529. The zero-order valence-corrected chi connectivity index (χ0v) is 13.9. The molecule has 0 fully saturated rings. The summed E-state index contributed by atoms with van der Waals surface area (Å²) in [4.78, 5) is 13.2. The first-order valence-corrected chi connectivity index (χ1v) is 7.66. The lowest BCUT2D eigenvalue weighted by Gasteiger charge is -2.23. The van der Waals surface area contributed by atoms with E-state index in [4.69, 9.17) is 4.74 Å². The topological polar surface area (TPSA) is 26.3 Å². The first-order chi connectivity index (χ1) is 9.09. The van der Waals surface area contributed by atoms with E-state index < -0.39 is 5.60 Å². The quantitative estimate of drug-likeness (QED) is 0.679. The lowest BCUT2D eigenvalue weighted by Crippen LogP contribution is -2.25. The molecule has 0 radical (unpaired) electrons. The molecule has 3 heteroatoms. The van der Waals surface area contributed by atoms with Crippen molar-refractivity contribution < 1.29 is 9.53 Å². The Morgan fingerprint density at radius 2 is 1.65 bits per heavy atom. The van der Waals surface area contributed by atoms with Crippen molar-refractivity contribution in [3.63, 3.8) is 0 Å². The third-order valence-electron chi connectivity index (χ3n) is 2.93. The summed E-state index contributed by atoms with van der Waals surface area (Å²) < 4.78 is 6.70. The number of benzene rings is 1. The minimum atomic E-state index is -0.470. The van der Waals surface area contributed by atoms with Crippen LogP contribution in [0.2, 0.25) is 0 Å². The predicted octanol–water partition coefficient (Wildman–Crippen LogP) is 5.15. The highest BCUT2D eigenvalue weighted by Gasteiger charge is 2.29. The van der Waals surface area contributed by atoms with Crippen LogP contribution in [0.5, 0.6) is 0 Å². The smallest absolute Gasteiger partial charge is 0.349 e. The average molecular weight is 290 g/mol. The van der Waals surface area contributed by atoms with E-state index >= 15 is 0 Å². The molecular weight excluding hydrogens is 268 g/mol. The van der Waals surface area contributed by atoms with Gasteiger partial charge < -0.3 is 4.74 Å². The summed E-state index contributed by atoms with van der Waals surface area (Å²) in [6.45, 7) is 12.1. The lowest BCUT2D eigenvalue weighted by molar-refractivity contribution is 0.00730. The summed E-state index contributed by atoms with van der Waals surface area (Å²) in [5.74, 6) is -0.219. The van der Waals surface area contributed by atoms with Gasteiger partial charge in [0.05, 0.1) is 0 Å². The van der Waals surface area contributed by atoms with Gasteiger partial charge in [-0.3, -0.25) is 0 Å². The number of ether oxygens (including phenoxy) is 1. The highest BCUT2D eigenvalue weighted by molar-refractivity contribution is 7.21. The molecule has 0 unspecified atom stereocenters. The van der Waals surface area contributed by atoms with Crippen molar-refractivity contribution in [2.24, 2.45) is 0 Å². The molecule has 0 aliphatic rings. The van der Waals surface area contributed by atoms with Crippen molar-refractivity contribution in [1.82, 2.24) is 0 Å². The second-order valence-electron chi connectivity index (χ2n) is 7.05. The maximum Gasteiger partial charge on any atom is 0.349 e. The normalized spacial score (nSPS) is 12.7. The maximum absolute atomic E-state index is 12.5. The van der Waals surface area contributed by atoms with Crippen LogP contribution in [0, 0.1) is 0 Å². The minimum Gasteiger partial charge on any atom is -0.456 e. The largest absolute Gasteiger partial charge is 0.456 e. The van der Waals surface area contributed by atoms with E-state index in [0.717, 1.165) is 20.5 Å². The minimum absolute atomic E-state index is 0.0914. The van der Waals surface area contributed by atoms with Gasteiger partial charge in [0.2, 0.25) is 0 Å². The van der Waals surface area contributed by atoms with E-state index in [1.807, 2.05) is 32.9 Å². The Morgan fingerprint density at radius 3 is 2.20 bits per heavy atom. The number of esters is 1. The maximum atomic E-state index is 12.5. The van der Waals surface area contributed by atoms with E-state index in [0.29, 0.717) is 0 Å². The number of carbonyl (C=O) groups is 1. The Bertz CT molecular complexity index is 639. The summed E-state index contributed by atoms with van der Waals surface area (Å²) in [6, 6.07) is 8.16. The molecule has 0 aliphatic heterocycles. The predicted molar refractivity (Wildman–Crippen MR) is 85.7 cm³/mol. The first-order valence-electron chi connectivity index (χ1n) is 6.85. The Labute approximate surface area is 124 Å². The number of rotatable bonds is 1. The lowest BCUT2D eigenvalue weighted by atomic mass is 9.85. The molecule has 0 amide bonds. The summed E-state index contributed by atoms with van der Waals surface area (Å²) in [7, 11) is 0. The SMILES string of the molecule is CC(C)(C)OC(=O)c1sc2ccccc2c1C(C)(C)C. The number of carbonyl (C=O) groups excluding carboxylic acids is 1. The Morgan fingerprint density at radius 1 is 1.05 bits per heavy atom. The van der Waals surface area contributed by atoms with Gasteiger partial charge in [0.25, 0.3) is 0 Å². The van der Waals surface area contributed by atoms with Crippen molar-refractivity contribution in [2.75, 3.05) is 0 Å². The molecular formula is C17H22O2S. The second kappa shape index (κ2) is 4.88. The Balaban J connectivity index is 2.61. The van der Waals surface area contributed by atoms with Crippen LogP contribution < -0.4 is 0 Å². The van der Waals surface area contributed by atoms with Gasteiger partial charge in [0.1, 0.15) is 10.5 Å². The van der Waals surface area contributed by atoms with E-state index in [-0.39, 0.29) is 11.4 Å². The van der Waals surface area contributed by atoms with Gasteiger partial charge in [-0.1, -0.05) is 39.0 Å². The molecule has 2 nitrogen and oxygen atoms in total. The molecule has 1 heterocycles. The molecule has 0 atom stereocenters. The molecule has 0 spiro atoms. The van der Waals surface area contributed by atoms with Crippen LogP contribution in [0.3, 0.4) is 0 Å². The molecule has 20 heavy (non-hydrogen) atoms. The van der Waals surface area contributed by atoms with E-state index in [2.05, 4.69) is 32.9 Å². The molecule has 2 aromatic rings. The monoisotopic (exact) mass is 290 g/mol. The molecule has 1 aromatic carbocycles. The zero-order chi connectivity index (χ0) is 15.1. The van der Waals surface area contributed by atoms with Crippen molar-refractivity contribution in [3.05, 3.63) is 34.7 Å². The molecule has 0 saturated carbocycles. The second-order valence-corrected chi connectivity index (χ2v) is 8.11. The van der Waals surface area contributed by atoms with Gasteiger partial charge in [0.15, 0.2) is 0 Å². The molecule has 0 bridgehead atoms. The number of thiophene rings is 1. The van der Waals surface area contributed by atoms with Crippen LogP contribution in [0.4, 0.5) is 0 Å². The number of hydrogen-bond donors (Lipinski definition) is 0. The fraction of sp³-hybridized carbons (Fsp3) is 0.471. The Hall–Kier alpha value is -1.35. The molecule has 0 saturated heterocycles. The summed E-state index contributed by atoms with van der Waals surface area (Å²) >= 11 is 1.53. The molecule has 2 rings (SSSR count). The van der Waals surface area contributed by atoms with Gasteiger partial charge in [0, 0.05) is 4.70 Å². The van der Waals surface area contributed by atoms with E-state index in [9.17, 15) is 4.79 Å². The van der Waals surface area contributed by atoms with Gasteiger partial charge in [-0.15, -0.1) is 11.3 Å². The highest BCUT2D eigenvalue weighted by atomic mass is 32.1. The van der Waals surface area contributed by atoms with Crippen LogP contribution in [0.15, 0.2) is 24.3 Å². The third kappa shape index (κ3) is 3.04. The van der Waals surface area contributed by atoms with Gasteiger partial charge >= 0.3 is 5.97 Å². The van der Waals surface area contributed by atoms with Crippen molar-refractivity contribution in [3.8, 4) is 0 Å². The molecule has 0 aliphatic carbocycles. The molecule has 0 N–H and O–H groups in total. The van der Waals surface area contributed by atoms with E-state index in [1.165, 1.54) is 11.3 Å². The standard InChI is InChI=1S/C17H22O2S/c1-16(2,3)13-11-9-7-8-10-12(11)20-14(13)15(18)19-17(4,5)6/h7-10H,1-6H3. The van der Waals surface area contributed by atoms with Gasteiger partial charge in [-0.05, 0) is 43.2 Å². The zero-order valence-electron chi connectivity index (χ0n) is 13.0. The van der Waals surface area contributed by atoms with Gasteiger partial charge in [-0.25, -0.2) is 4.79 Å². The van der Waals surface area contributed by atoms with Crippen LogP contribution in [-0.2, 0) is 10.2 Å². The summed E-state index contributed by atoms with van der Waals surface area (Å²) in [6.07, 6.45) is 0. The molecule has 1 aromatic heterocycles. The van der Waals surface area contributed by atoms with Crippen molar-refractivity contribution in [1.29, 1.82) is 0 Å². The van der Waals surface area contributed by atoms with Crippen LogP contribution in [0.1, 0.15) is 56.8 Å². The van der Waals surface area contributed by atoms with Crippen molar-refractivity contribution >= 4 is 27.4 Å². The number of fused-ring (bicyclic) bond motifs is 1. The fourth-order valence-electron chi connectivity index (χ4n) is 2.26. The summed E-state index contributed by atoms with van der Waals surface area (Å²) in [5, 5.41) is 1.16. The molecule has 108 valence electrons. The van der Waals surface area contributed by atoms with E-state index in [1.54, 1.807) is 0 Å². The first kappa shape index (κ1) is 15.0. The third-order valence-corrected chi connectivity index (χ3v) is 4.08. The van der Waals surface area contributed by atoms with Crippen LogP contribution in [-0.4, -0.2) is 11.6 Å².